The molecule has 1 aromatic carbocycles. The van der Waals surface area contributed by atoms with Gasteiger partial charge in [-0.05, 0) is 17.7 Å². The molecule has 1 aromatic rings. The molecule has 0 unspecified atom stereocenters. The molecule has 0 atom stereocenters. The second-order valence-corrected chi connectivity index (χ2v) is 3.84. The molecule has 2 radical (unpaired) electrons. The van der Waals surface area contributed by atoms with Gasteiger partial charge in [0.25, 0.3) is 0 Å². The highest BCUT2D eigenvalue weighted by Gasteiger charge is 2.11. The summed E-state index contributed by atoms with van der Waals surface area (Å²) in [4.78, 5) is 4.35. The zero-order valence-corrected chi connectivity index (χ0v) is 10.1. The van der Waals surface area contributed by atoms with Crippen LogP contribution in [0.25, 0.3) is 0 Å². The average molecular weight is 230 g/mol. The third-order valence-corrected chi connectivity index (χ3v) is 2.75. The number of amidine groups is 1. The number of ether oxygens (including phenoxy) is 2. The second kappa shape index (κ2) is 5.12. The first-order valence-electron chi connectivity index (χ1n) is 5.52. The topological polar surface area (TPSA) is 42.9 Å². The highest BCUT2D eigenvalue weighted by molar-refractivity contribution is 6.33. The minimum absolute atomic E-state index is 0.648. The second-order valence-electron chi connectivity index (χ2n) is 3.84. The van der Waals surface area contributed by atoms with E-state index in [4.69, 9.17) is 17.3 Å². The van der Waals surface area contributed by atoms with Crippen molar-refractivity contribution in [2.75, 3.05) is 27.3 Å². The fourth-order valence-electron chi connectivity index (χ4n) is 1.84. The van der Waals surface area contributed by atoms with E-state index in [1.165, 1.54) is 0 Å². The Balaban J connectivity index is 2.27. The lowest BCUT2D eigenvalue weighted by Gasteiger charge is -2.13. The van der Waals surface area contributed by atoms with Gasteiger partial charge in [0.15, 0.2) is 11.5 Å². The molecule has 0 saturated heterocycles. The molecule has 88 valence electrons. The van der Waals surface area contributed by atoms with Crippen molar-refractivity contribution >= 4 is 19.1 Å². The fraction of sp³-hybridized carbons (Fsp3) is 0.417. The minimum atomic E-state index is 0.648. The van der Waals surface area contributed by atoms with E-state index in [-0.39, 0.29) is 0 Å². The molecule has 0 saturated carbocycles. The number of nitrogens with one attached hydrogen (secondary N) is 1. The van der Waals surface area contributed by atoms with Crippen molar-refractivity contribution in [3.8, 4) is 11.5 Å². The third kappa shape index (κ3) is 2.54. The van der Waals surface area contributed by atoms with Crippen LogP contribution in [0.1, 0.15) is 5.56 Å². The number of rotatable bonds is 4. The van der Waals surface area contributed by atoms with Crippen LogP contribution < -0.4 is 20.3 Å². The zero-order valence-electron chi connectivity index (χ0n) is 10.1. The summed E-state index contributed by atoms with van der Waals surface area (Å²) in [6.45, 7) is 1.74. The summed E-state index contributed by atoms with van der Waals surface area (Å²) in [6, 6.07) is 3.68. The van der Waals surface area contributed by atoms with Crippen LogP contribution in [0.15, 0.2) is 17.1 Å². The largest absolute Gasteiger partial charge is 0.493 e. The predicted octanol–water partition coefficient (Wildman–Crippen LogP) is 0.0418. The van der Waals surface area contributed by atoms with E-state index in [2.05, 4.69) is 10.3 Å². The van der Waals surface area contributed by atoms with Gasteiger partial charge in [-0.15, -0.1) is 0 Å². The Morgan fingerprint density at radius 2 is 2.00 bits per heavy atom. The Morgan fingerprint density at radius 3 is 2.59 bits per heavy atom. The van der Waals surface area contributed by atoms with Crippen LogP contribution in [-0.2, 0) is 6.42 Å². The van der Waals surface area contributed by atoms with Gasteiger partial charge >= 0.3 is 0 Å². The molecule has 0 spiro atoms. The lowest BCUT2D eigenvalue weighted by atomic mass is 9.88. The van der Waals surface area contributed by atoms with Gasteiger partial charge in [0.1, 0.15) is 13.7 Å². The molecule has 2 rings (SSSR count). The van der Waals surface area contributed by atoms with Crippen molar-refractivity contribution in [2.24, 2.45) is 4.99 Å². The average Bonchev–Trinajstić information content (AvgIpc) is 2.84. The van der Waals surface area contributed by atoms with Crippen LogP contribution >= 0.6 is 0 Å². The molecule has 1 aliphatic rings. The van der Waals surface area contributed by atoms with Gasteiger partial charge in [-0.25, -0.2) is 0 Å². The highest BCUT2D eigenvalue weighted by atomic mass is 16.5. The van der Waals surface area contributed by atoms with Crippen LogP contribution in [0.5, 0.6) is 11.5 Å². The Labute approximate surface area is 102 Å². The number of hydrogen-bond donors (Lipinski definition) is 1. The van der Waals surface area contributed by atoms with E-state index in [0.29, 0.717) is 23.4 Å². The number of methoxy groups -OCH3 is 2. The first-order chi connectivity index (χ1) is 8.24. The van der Waals surface area contributed by atoms with Gasteiger partial charge in [-0.3, -0.25) is 4.99 Å². The van der Waals surface area contributed by atoms with Crippen molar-refractivity contribution in [1.82, 2.24) is 5.32 Å². The van der Waals surface area contributed by atoms with Gasteiger partial charge in [0, 0.05) is 13.0 Å². The lowest BCUT2D eigenvalue weighted by molar-refractivity contribution is 0.355. The molecule has 1 aliphatic heterocycles. The molecule has 0 bridgehead atoms. The van der Waals surface area contributed by atoms with Crippen LogP contribution in [0.2, 0.25) is 0 Å². The number of nitrogens with zero attached hydrogens (tertiary/aromatic N) is 1. The third-order valence-electron chi connectivity index (χ3n) is 2.75. The standard InChI is InChI=1S/C12H15BN2O2/c1-16-10-5-8(6-12-14-3-4-15-12)9(13)7-11(10)17-2/h5,7H,3-4,6H2,1-2H3,(H,14,15). The first kappa shape index (κ1) is 11.8. The van der Waals surface area contributed by atoms with Gasteiger partial charge in [0.05, 0.1) is 20.8 Å². The van der Waals surface area contributed by atoms with Crippen LogP contribution in [0.3, 0.4) is 0 Å². The van der Waals surface area contributed by atoms with Crippen LogP contribution in [-0.4, -0.2) is 41.0 Å². The van der Waals surface area contributed by atoms with Crippen molar-refractivity contribution < 1.29 is 9.47 Å². The molecule has 5 heteroatoms. The van der Waals surface area contributed by atoms with Gasteiger partial charge in [-0.2, -0.15) is 0 Å². The zero-order chi connectivity index (χ0) is 12.3. The normalized spacial score (nSPS) is 14.1. The van der Waals surface area contributed by atoms with Crippen molar-refractivity contribution in [2.45, 2.75) is 6.42 Å². The van der Waals surface area contributed by atoms with Crippen LogP contribution in [0.4, 0.5) is 0 Å². The van der Waals surface area contributed by atoms with E-state index in [9.17, 15) is 0 Å². The highest BCUT2D eigenvalue weighted by Crippen LogP contribution is 2.26. The predicted molar refractivity (Wildman–Crippen MR) is 68.9 cm³/mol. The summed E-state index contributed by atoms with van der Waals surface area (Å²) in [5.74, 6) is 2.31. The molecular weight excluding hydrogens is 215 g/mol. The molecule has 0 amide bonds. The Hall–Kier alpha value is -1.65. The SMILES string of the molecule is [B]c1cc(OC)c(OC)cc1CC1=NCCN1. The summed E-state index contributed by atoms with van der Waals surface area (Å²) in [5, 5.41) is 3.22. The van der Waals surface area contributed by atoms with E-state index in [1.807, 2.05) is 6.07 Å². The smallest absolute Gasteiger partial charge is 0.160 e. The quantitative estimate of drug-likeness (QED) is 0.743. The maximum absolute atomic E-state index is 5.98. The van der Waals surface area contributed by atoms with E-state index in [0.717, 1.165) is 24.5 Å². The number of hydrogen-bond acceptors (Lipinski definition) is 4. The lowest BCUT2D eigenvalue weighted by Crippen LogP contribution is -2.24. The summed E-state index contributed by atoms with van der Waals surface area (Å²) in [7, 11) is 9.19. The Bertz CT molecular complexity index is 446. The Morgan fingerprint density at radius 1 is 1.29 bits per heavy atom. The molecule has 1 N–H and O–H groups in total. The maximum Gasteiger partial charge on any atom is 0.160 e. The molecular formula is C12H15BN2O2. The van der Waals surface area contributed by atoms with Crippen LogP contribution in [0, 0.1) is 0 Å². The molecule has 0 aliphatic carbocycles. The van der Waals surface area contributed by atoms with E-state index < -0.39 is 0 Å². The summed E-state index contributed by atoms with van der Waals surface area (Å²) < 4.78 is 10.4. The monoisotopic (exact) mass is 230 g/mol. The van der Waals surface area contributed by atoms with Crippen molar-refractivity contribution in [3.05, 3.63) is 17.7 Å². The van der Waals surface area contributed by atoms with E-state index >= 15 is 0 Å². The molecule has 4 nitrogen and oxygen atoms in total. The van der Waals surface area contributed by atoms with Gasteiger partial charge in [-0.1, -0.05) is 5.46 Å². The number of benzene rings is 1. The summed E-state index contributed by atoms with van der Waals surface area (Å²) >= 11 is 0. The van der Waals surface area contributed by atoms with E-state index in [1.54, 1.807) is 20.3 Å². The summed E-state index contributed by atoms with van der Waals surface area (Å²) in [5.41, 5.74) is 1.69. The molecule has 0 fully saturated rings. The molecule has 1 heterocycles. The minimum Gasteiger partial charge on any atom is -0.493 e. The molecule has 0 aromatic heterocycles. The number of aliphatic imine (C=N–C) groups is 1. The summed E-state index contributed by atoms with van der Waals surface area (Å²) in [6.07, 6.45) is 0.701. The van der Waals surface area contributed by atoms with Gasteiger partial charge < -0.3 is 14.8 Å². The molecule has 17 heavy (non-hydrogen) atoms. The van der Waals surface area contributed by atoms with Gasteiger partial charge in [0.2, 0.25) is 0 Å². The Kier molecular flexibility index (Phi) is 3.56. The van der Waals surface area contributed by atoms with Crippen molar-refractivity contribution in [3.63, 3.8) is 0 Å². The van der Waals surface area contributed by atoms with Crippen molar-refractivity contribution in [1.29, 1.82) is 0 Å². The maximum atomic E-state index is 5.98. The fourth-order valence-corrected chi connectivity index (χ4v) is 1.84. The first-order valence-corrected chi connectivity index (χ1v) is 5.52.